The highest BCUT2D eigenvalue weighted by Gasteiger charge is 2.29. The Morgan fingerprint density at radius 3 is 2.62 bits per heavy atom. The van der Waals surface area contributed by atoms with E-state index in [1.165, 1.54) is 12.1 Å². The second-order valence-corrected chi connectivity index (χ2v) is 6.34. The predicted octanol–water partition coefficient (Wildman–Crippen LogP) is 3.41. The van der Waals surface area contributed by atoms with Crippen LogP contribution in [-0.2, 0) is 11.3 Å². The van der Waals surface area contributed by atoms with Crippen molar-refractivity contribution in [1.29, 1.82) is 0 Å². The lowest BCUT2D eigenvalue weighted by Gasteiger charge is -2.27. The Labute approximate surface area is 149 Å². The molecule has 3 rings (SSSR count). The van der Waals surface area contributed by atoms with E-state index in [4.69, 9.17) is 0 Å². The number of halogens is 4. The summed E-state index contributed by atoms with van der Waals surface area (Å²) in [7, 11) is 0. The number of nitrogens with one attached hydrogen (secondary N) is 2. The molecule has 0 saturated heterocycles. The quantitative estimate of drug-likeness (QED) is 0.626. The van der Waals surface area contributed by atoms with Gasteiger partial charge in [0.2, 0.25) is 5.91 Å². The first kappa shape index (κ1) is 18.1. The van der Waals surface area contributed by atoms with Crippen LogP contribution in [0.3, 0.4) is 0 Å². The number of urea groups is 1. The van der Waals surface area contributed by atoms with Crippen LogP contribution < -0.4 is 10.6 Å². The molecule has 2 aromatic rings. The maximum atomic E-state index is 13.8. The van der Waals surface area contributed by atoms with Gasteiger partial charge >= 0.3 is 6.03 Å². The van der Waals surface area contributed by atoms with Crippen LogP contribution in [0, 0.1) is 23.3 Å². The molecule has 2 aromatic carbocycles. The number of amides is 3. The van der Waals surface area contributed by atoms with Crippen LogP contribution >= 0.6 is 11.9 Å². The lowest BCUT2D eigenvalue weighted by molar-refractivity contribution is -0.121. The average molecular weight is 385 g/mol. The van der Waals surface area contributed by atoms with Crippen LogP contribution in [-0.4, -0.2) is 22.8 Å². The molecule has 0 unspecified atom stereocenters. The van der Waals surface area contributed by atoms with Gasteiger partial charge in [0, 0.05) is 18.2 Å². The van der Waals surface area contributed by atoms with E-state index in [9.17, 15) is 27.2 Å². The summed E-state index contributed by atoms with van der Waals surface area (Å²) >= 11 is 0.583. The van der Waals surface area contributed by atoms with E-state index in [1.54, 1.807) is 0 Å². The van der Waals surface area contributed by atoms with Crippen molar-refractivity contribution in [2.24, 2.45) is 0 Å². The molecule has 0 aromatic heterocycles. The van der Waals surface area contributed by atoms with Gasteiger partial charge in [-0.3, -0.25) is 9.10 Å². The number of fused-ring (bicyclic) bond motifs is 1. The highest BCUT2D eigenvalue weighted by molar-refractivity contribution is 7.97. The number of hydrogen-bond donors (Lipinski definition) is 2. The highest BCUT2D eigenvalue weighted by Crippen LogP contribution is 2.37. The zero-order valence-electron chi connectivity index (χ0n) is 13.0. The summed E-state index contributed by atoms with van der Waals surface area (Å²) in [6.45, 7) is -0.695. The van der Waals surface area contributed by atoms with E-state index in [2.05, 4.69) is 10.6 Å². The van der Waals surface area contributed by atoms with Gasteiger partial charge in [-0.05, 0) is 30.1 Å². The first-order chi connectivity index (χ1) is 12.3. The van der Waals surface area contributed by atoms with E-state index in [0.29, 0.717) is 18.0 Å². The fourth-order valence-electron chi connectivity index (χ4n) is 2.20. The number of anilines is 1. The molecular weight excluding hydrogens is 374 g/mol. The molecule has 1 aliphatic rings. The number of nitrogens with zero attached hydrogens (tertiary/aromatic N) is 1. The van der Waals surface area contributed by atoms with Crippen molar-refractivity contribution in [2.75, 3.05) is 11.9 Å². The Bertz CT molecular complexity index is 894. The number of rotatable bonds is 4. The number of hydrogen-bond acceptors (Lipinski definition) is 3. The van der Waals surface area contributed by atoms with Gasteiger partial charge in [-0.15, -0.1) is 0 Å². The van der Waals surface area contributed by atoms with Crippen molar-refractivity contribution in [2.45, 2.75) is 11.4 Å². The molecule has 2 N–H and O–H groups in total. The number of carbonyl (C=O) groups excluding carboxylic acids is 2. The molecule has 0 radical (unpaired) electrons. The lowest BCUT2D eigenvalue weighted by atomic mass is 10.2. The standard InChI is InChI=1S/C16H11F4N3O2S/c17-9-2-1-8(11(19)5-9)6-21-13(24)7-23-16(25)22-12-4-3-10(18)14(20)15(12)26-23/h1-5H,6-7H2,(H,21,24)(H,22,25). The van der Waals surface area contributed by atoms with Gasteiger partial charge in [-0.1, -0.05) is 6.07 Å². The molecule has 1 heterocycles. The predicted molar refractivity (Wildman–Crippen MR) is 86.1 cm³/mol. The molecule has 136 valence electrons. The Hall–Kier alpha value is -2.75. The molecule has 5 nitrogen and oxygen atoms in total. The first-order valence-corrected chi connectivity index (χ1v) is 8.07. The van der Waals surface area contributed by atoms with Crippen LogP contribution in [0.5, 0.6) is 0 Å². The zero-order chi connectivity index (χ0) is 18.8. The van der Waals surface area contributed by atoms with Crippen molar-refractivity contribution in [3.05, 3.63) is 59.2 Å². The lowest BCUT2D eigenvalue weighted by Crippen LogP contribution is -2.40. The minimum atomic E-state index is -1.13. The van der Waals surface area contributed by atoms with Gasteiger partial charge in [0.15, 0.2) is 11.6 Å². The van der Waals surface area contributed by atoms with Crippen LogP contribution in [0.4, 0.5) is 28.0 Å². The second kappa shape index (κ2) is 7.24. The summed E-state index contributed by atoms with van der Waals surface area (Å²) in [6.07, 6.45) is 0. The van der Waals surface area contributed by atoms with E-state index in [0.717, 1.165) is 16.4 Å². The zero-order valence-corrected chi connectivity index (χ0v) is 13.8. The van der Waals surface area contributed by atoms with Gasteiger partial charge in [-0.25, -0.2) is 22.4 Å². The third kappa shape index (κ3) is 3.74. The van der Waals surface area contributed by atoms with Crippen molar-refractivity contribution >= 4 is 29.6 Å². The van der Waals surface area contributed by atoms with Crippen molar-refractivity contribution in [3.8, 4) is 0 Å². The Kier molecular flexibility index (Phi) is 5.03. The van der Waals surface area contributed by atoms with E-state index >= 15 is 0 Å². The highest BCUT2D eigenvalue weighted by atomic mass is 32.2. The number of benzene rings is 2. The molecule has 0 fully saturated rings. The molecule has 26 heavy (non-hydrogen) atoms. The summed E-state index contributed by atoms with van der Waals surface area (Å²) in [5, 5.41) is 4.72. The van der Waals surface area contributed by atoms with E-state index < -0.39 is 41.8 Å². The van der Waals surface area contributed by atoms with Gasteiger partial charge in [0.1, 0.15) is 18.2 Å². The Morgan fingerprint density at radius 2 is 1.88 bits per heavy atom. The van der Waals surface area contributed by atoms with Crippen LogP contribution in [0.15, 0.2) is 35.2 Å². The molecule has 0 atom stereocenters. The third-order valence-corrected chi connectivity index (χ3v) is 4.59. The van der Waals surface area contributed by atoms with Crippen molar-refractivity contribution in [3.63, 3.8) is 0 Å². The van der Waals surface area contributed by atoms with Crippen LogP contribution in [0.2, 0.25) is 0 Å². The van der Waals surface area contributed by atoms with Gasteiger partial charge in [-0.2, -0.15) is 0 Å². The van der Waals surface area contributed by atoms with Crippen LogP contribution in [0.25, 0.3) is 0 Å². The summed E-state index contributed by atoms with van der Waals surface area (Å²) < 4.78 is 54.4. The number of carbonyl (C=O) groups is 2. The summed E-state index contributed by atoms with van der Waals surface area (Å²) in [6, 6.07) is 4.33. The molecule has 0 bridgehead atoms. The van der Waals surface area contributed by atoms with E-state index in [-0.39, 0.29) is 22.7 Å². The smallest absolute Gasteiger partial charge is 0.332 e. The molecule has 0 aliphatic carbocycles. The summed E-state index contributed by atoms with van der Waals surface area (Å²) in [5.41, 5.74) is 0.165. The minimum Gasteiger partial charge on any atom is -0.350 e. The van der Waals surface area contributed by atoms with E-state index in [1.807, 2.05) is 0 Å². The monoisotopic (exact) mass is 385 g/mol. The molecule has 0 saturated carbocycles. The SMILES string of the molecule is O=C(CN1Sc2c(ccc(F)c2F)NC1=O)NCc1ccc(F)cc1F. The third-order valence-electron chi connectivity index (χ3n) is 3.50. The largest absolute Gasteiger partial charge is 0.350 e. The topological polar surface area (TPSA) is 61.4 Å². The minimum absolute atomic E-state index is 0.0639. The average Bonchev–Trinajstić information content (AvgIpc) is 2.59. The molecule has 10 heteroatoms. The van der Waals surface area contributed by atoms with Crippen molar-refractivity contribution in [1.82, 2.24) is 9.62 Å². The molecule has 0 spiro atoms. The molecule has 3 amide bonds. The van der Waals surface area contributed by atoms with Gasteiger partial charge < -0.3 is 10.6 Å². The van der Waals surface area contributed by atoms with Gasteiger partial charge in [0.25, 0.3) is 0 Å². The normalized spacial score (nSPS) is 13.2. The first-order valence-electron chi connectivity index (χ1n) is 7.30. The molecular formula is C16H11F4N3O2S. The summed E-state index contributed by atoms with van der Waals surface area (Å²) in [4.78, 5) is 23.8. The Balaban J connectivity index is 1.64. The fraction of sp³-hybridized carbons (Fsp3) is 0.125. The maximum absolute atomic E-state index is 13.8. The summed E-state index contributed by atoms with van der Waals surface area (Å²) in [5.74, 6) is -4.43. The van der Waals surface area contributed by atoms with Gasteiger partial charge in [0.05, 0.1) is 10.6 Å². The molecule has 1 aliphatic heterocycles. The maximum Gasteiger partial charge on any atom is 0.332 e. The fourth-order valence-corrected chi connectivity index (χ4v) is 3.12. The second-order valence-electron chi connectivity index (χ2n) is 5.31. The van der Waals surface area contributed by atoms with Crippen LogP contribution in [0.1, 0.15) is 5.56 Å². The van der Waals surface area contributed by atoms with Crippen molar-refractivity contribution < 1.29 is 27.2 Å². The Morgan fingerprint density at radius 1 is 1.12 bits per heavy atom.